The molecule has 1 saturated carbocycles. The lowest BCUT2D eigenvalue weighted by atomic mass is 9.93. The second kappa shape index (κ2) is 21.6. The first-order valence-corrected chi connectivity index (χ1v) is 26.7. The number of aromatic nitrogens is 2. The highest BCUT2D eigenvalue weighted by Crippen LogP contribution is 2.41. The minimum Gasteiger partial charge on any atom is -0.506 e. The van der Waals surface area contributed by atoms with Crippen LogP contribution in [0.15, 0.2) is 141 Å². The number of H-pyrrole nitrogens is 1. The normalized spacial score (nSPS) is 15.8. The molecule has 5 aromatic carbocycles. The van der Waals surface area contributed by atoms with Crippen molar-refractivity contribution in [2.24, 2.45) is 0 Å². The van der Waals surface area contributed by atoms with Gasteiger partial charge in [0.05, 0.1) is 22.8 Å². The number of hydrogen-bond donors (Lipinski definition) is 5. The Kier molecular flexibility index (Phi) is 15.2. The molecule has 1 aliphatic carbocycles. The number of carbonyl (C=O) groups excluding carboxylic acids is 2. The third-order valence-electron chi connectivity index (χ3n) is 13.3. The predicted octanol–water partition coefficient (Wildman–Crippen LogP) is 11.2. The van der Waals surface area contributed by atoms with Crippen molar-refractivity contribution >= 4 is 54.3 Å². The number of nitrogens with zero attached hydrogens (tertiary/aromatic N) is 1. The van der Waals surface area contributed by atoms with Crippen molar-refractivity contribution in [1.29, 1.82) is 0 Å². The van der Waals surface area contributed by atoms with Gasteiger partial charge in [0.25, 0.3) is 0 Å². The molecule has 1 atom stereocenters. The van der Waals surface area contributed by atoms with Gasteiger partial charge in [-0.2, -0.15) is 0 Å². The maximum Gasteiger partial charge on any atom is 0.420 e. The minimum absolute atomic E-state index is 0.00771. The molecule has 14 nitrogen and oxygen atoms in total. The van der Waals surface area contributed by atoms with Crippen LogP contribution in [0, 0.1) is 0 Å². The van der Waals surface area contributed by atoms with Gasteiger partial charge in [0.1, 0.15) is 18.5 Å². The zero-order chi connectivity index (χ0) is 49.4. The molecule has 0 spiro atoms. The highest BCUT2D eigenvalue weighted by molar-refractivity contribution is 6.74. The summed E-state index contributed by atoms with van der Waals surface area (Å²) in [4.78, 5) is 54.0. The molecule has 1 aliphatic rings. The van der Waals surface area contributed by atoms with Gasteiger partial charge in [-0.25, -0.2) is 14.4 Å². The van der Waals surface area contributed by atoms with E-state index in [1.807, 2.05) is 109 Å². The summed E-state index contributed by atoms with van der Waals surface area (Å²) in [6, 6.07) is 37.3. The van der Waals surface area contributed by atoms with Crippen LogP contribution >= 0.6 is 0 Å². The number of alkyl carbamates (subject to hydrolysis) is 1. The highest BCUT2D eigenvalue weighted by Gasteiger charge is 2.40. The first kappa shape index (κ1) is 49.2. The Balaban J connectivity index is 0.916. The lowest BCUT2D eigenvalue weighted by Gasteiger charge is -2.39. The number of aromatic hydroxyl groups is 1. The highest BCUT2D eigenvalue weighted by atomic mass is 28.4. The van der Waals surface area contributed by atoms with E-state index in [0.717, 1.165) is 33.4 Å². The number of phenols is 1. The molecule has 15 heteroatoms. The summed E-state index contributed by atoms with van der Waals surface area (Å²) >= 11 is 0. The van der Waals surface area contributed by atoms with Crippen molar-refractivity contribution in [3.05, 3.63) is 171 Å². The lowest BCUT2D eigenvalue weighted by Crippen LogP contribution is -2.43. The fourth-order valence-corrected chi connectivity index (χ4v) is 9.78. The second-order valence-electron chi connectivity index (χ2n) is 19.3. The Morgan fingerprint density at radius 2 is 1.61 bits per heavy atom. The molecule has 2 amide bonds. The van der Waals surface area contributed by atoms with Crippen LogP contribution < -0.4 is 27.3 Å². The zero-order valence-corrected chi connectivity index (χ0v) is 41.3. The molecule has 70 heavy (non-hydrogen) atoms. The number of ether oxygens (including phenoxy) is 2. The molecular weight excluding hydrogens is 903 g/mol. The Morgan fingerprint density at radius 3 is 2.36 bits per heavy atom. The third kappa shape index (κ3) is 12.1. The summed E-state index contributed by atoms with van der Waals surface area (Å²) in [5.41, 5.74) is 7.00. The largest absolute Gasteiger partial charge is 0.506 e. The van der Waals surface area contributed by atoms with Gasteiger partial charge in [-0.15, -0.1) is 0 Å². The van der Waals surface area contributed by atoms with Crippen LogP contribution in [0.4, 0.5) is 15.3 Å². The molecule has 2 heterocycles. The number of amides is 2. The summed E-state index contributed by atoms with van der Waals surface area (Å²) in [7, 11) is -2.29. The second-order valence-corrected chi connectivity index (χ2v) is 24.1. The first-order chi connectivity index (χ1) is 33.6. The van der Waals surface area contributed by atoms with Crippen molar-refractivity contribution in [2.45, 2.75) is 103 Å². The molecule has 0 saturated heterocycles. The lowest BCUT2D eigenvalue weighted by molar-refractivity contribution is 0.0761. The Morgan fingerprint density at radius 1 is 0.871 bits per heavy atom. The number of rotatable bonds is 16. The summed E-state index contributed by atoms with van der Waals surface area (Å²) in [6.45, 7) is 12.3. The Bertz CT molecular complexity index is 3100. The average molecular weight is 964 g/mol. The maximum atomic E-state index is 13.4. The monoisotopic (exact) mass is 963 g/mol. The van der Waals surface area contributed by atoms with Crippen molar-refractivity contribution in [1.82, 2.24) is 20.2 Å². The molecular formula is C55H61N5O9Si. The summed E-state index contributed by atoms with van der Waals surface area (Å²) < 4.78 is 25.5. The quantitative estimate of drug-likeness (QED) is 0.0584. The molecule has 364 valence electrons. The minimum atomic E-state index is -2.29. The van der Waals surface area contributed by atoms with E-state index in [0.29, 0.717) is 66.5 Å². The van der Waals surface area contributed by atoms with E-state index in [1.165, 1.54) is 6.07 Å². The summed E-state index contributed by atoms with van der Waals surface area (Å²) in [6.07, 6.45) is 4.55. The Labute approximate surface area is 407 Å². The number of allylic oxidation sites excluding steroid dienone is 1. The summed E-state index contributed by atoms with van der Waals surface area (Å²) in [5.74, 6) is -0.492. The van der Waals surface area contributed by atoms with Crippen LogP contribution in [-0.4, -0.2) is 53.9 Å². The molecule has 2 aromatic heterocycles. The van der Waals surface area contributed by atoms with Crippen LogP contribution in [0.2, 0.25) is 18.1 Å². The number of anilines is 1. The van der Waals surface area contributed by atoms with Gasteiger partial charge >= 0.3 is 17.9 Å². The Hall–Kier alpha value is -7.20. The SMILES string of the molecule is CC(C)(C)[Si](C)(C)O[C@@H](CNCc1ccc2oc(=O)n(C/C=C/c3ccc(-c4ccccc4)c(NC(=O)OC4CCC(NC(=O)OCc5ccccc5)CC4)c3)c2c1)c1ccc(O)c2[nH]c(=O)ccc12. The molecule has 7 aromatic rings. The zero-order valence-electron chi connectivity index (χ0n) is 40.3. The van der Waals surface area contributed by atoms with Crippen molar-refractivity contribution < 1.29 is 33.0 Å². The van der Waals surface area contributed by atoms with Crippen LogP contribution in [0.5, 0.6) is 5.75 Å². The van der Waals surface area contributed by atoms with E-state index in [-0.39, 0.29) is 41.6 Å². The van der Waals surface area contributed by atoms with Gasteiger partial charge in [-0.05, 0) is 102 Å². The summed E-state index contributed by atoms with van der Waals surface area (Å²) in [5, 5.41) is 20.8. The van der Waals surface area contributed by atoms with E-state index in [4.69, 9.17) is 18.3 Å². The predicted molar refractivity (Wildman–Crippen MR) is 276 cm³/mol. The number of pyridine rings is 1. The standard InChI is InChI=1S/C55H61N5O9Si/c1-55(2,3)70(4,5)69-49(43-25-27-47(61)51-44(43)26-29-50(62)59-51)34-56-33-38-19-28-48-46(32-38)60(54(65)68-48)30-12-15-36-18-24-42(39-16-10-7-11-17-39)45(31-36)58-53(64)67-41-22-20-40(21-23-41)57-52(63)66-35-37-13-8-6-9-14-37/h6-19,24-29,31-32,40-41,49,56,61H,20-23,30,33-35H2,1-5H3,(H,57,63)(H,58,64)(H,59,62)/b15-12+/t40?,41?,49-/m0/s1. The van der Waals surface area contributed by atoms with Gasteiger partial charge in [-0.3, -0.25) is 14.7 Å². The van der Waals surface area contributed by atoms with E-state index >= 15 is 0 Å². The van der Waals surface area contributed by atoms with Crippen molar-refractivity contribution in [3.8, 4) is 16.9 Å². The fraction of sp³-hybridized carbons (Fsp3) is 0.309. The number of carbonyl (C=O) groups is 2. The topological polar surface area (TPSA) is 186 Å². The number of oxazole rings is 1. The molecule has 0 radical (unpaired) electrons. The van der Waals surface area contributed by atoms with Crippen LogP contribution in [0.1, 0.15) is 74.8 Å². The average Bonchev–Trinajstić information content (AvgIpc) is 3.65. The number of fused-ring (bicyclic) bond motifs is 2. The molecule has 1 fully saturated rings. The molecule has 0 unspecified atom stereocenters. The van der Waals surface area contributed by atoms with Gasteiger partial charge in [0.15, 0.2) is 13.9 Å². The molecule has 8 rings (SSSR count). The number of phenolic OH excluding ortho intramolecular Hbond substituents is 1. The van der Waals surface area contributed by atoms with Gasteiger partial charge in [0.2, 0.25) is 5.56 Å². The third-order valence-corrected chi connectivity index (χ3v) is 17.8. The number of nitrogens with one attached hydrogen (secondary N) is 4. The number of benzene rings is 5. The molecule has 5 N–H and O–H groups in total. The van der Waals surface area contributed by atoms with E-state index in [9.17, 15) is 24.3 Å². The van der Waals surface area contributed by atoms with Gasteiger partial charge in [0, 0.05) is 42.7 Å². The molecule has 0 bridgehead atoms. The fourth-order valence-electron chi connectivity index (χ4n) is 8.51. The van der Waals surface area contributed by atoms with Gasteiger partial charge < -0.3 is 39.0 Å². The van der Waals surface area contributed by atoms with Crippen LogP contribution in [-0.2, 0) is 33.6 Å². The molecule has 0 aliphatic heterocycles. The number of aromatic amines is 1. The van der Waals surface area contributed by atoms with E-state index < -0.39 is 32.4 Å². The van der Waals surface area contributed by atoms with Crippen LogP contribution in [0.3, 0.4) is 0 Å². The van der Waals surface area contributed by atoms with Crippen molar-refractivity contribution in [2.75, 3.05) is 11.9 Å². The van der Waals surface area contributed by atoms with E-state index in [1.54, 1.807) is 22.8 Å². The smallest absolute Gasteiger partial charge is 0.420 e. The number of hydrogen-bond acceptors (Lipinski definition) is 10. The van der Waals surface area contributed by atoms with E-state index in [2.05, 4.69) is 54.8 Å². The van der Waals surface area contributed by atoms with Crippen LogP contribution in [0.25, 0.3) is 39.2 Å². The van der Waals surface area contributed by atoms with Crippen molar-refractivity contribution in [3.63, 3.8) is 0 Å². The maximum absolute atomic E-state index is 13.4. The first-order valence-electron chi connectivity index (χ1n) is 23.8. The van der Waals surface area contributed by atoms with Gasteiger partial charge in [-0.1, -0.05) is 118 Å².